The quantitative estimate of drug-likeness (QED) is 0.183. The van der Waals surface area contributed by atoms with Crippen molar-refractivity contribution in [3.05, 3.63) is 95.1 Å². The van der Waals surface area contributed by atoms with E-state index in [1.54, 1.807) is 30.3 Å². The van der Waals surface area contributed by atoms with E-state index in [0.717, 1.165) is 22.0 Å². The van der Waals surface area contributed by atoms with E-state index in [2.05, 4.69) is 18.8 Å². The van der Waals surface area contributed by atoms with Crippen LogP contribution < -0.4 is 4.74 Å². The largest absolute Gasteiger partial charge is 0.507 e. The molecule has 2 aromatic heterocycles. The Hall–Kier alpha value is -4.26. The Morgan fingerprint density at radius 2 is 1.95 bits per heavy atom. The van der Waals surface area contributed by atoms with E-state index < -0.39 is 17.7 Å². The number of likely N-dealkylation sites (tertiary alicyclic amines) is 1. The number of furan rings is 1. The molecule has 190 valence electrons. The van der Waals surface area contributed by atoms with Crippen LogP contribution in [-0.4, -0.2) is 39.8 Å². The van der Waals surface area contributed by atoms with Crippen LogP contribution in [0, 0.1) is 12.8 Å². The summed E-state index contributed by atoms with van der Waals surface area (Å²) in [5.74, 6) is -0.0961. The average Bonchev–Trinajstić information content (AvgIpc) is 3.61. The summed E-state index contributed by atoms with van der Waals surface area (Å²) in [5, 5.41) is 12.4. The van der Waals surface area contributed by atoms with Crippen LogP contribution in [-0.2, 0) is 16.0 Å². The number of rotatable bonds is 8. The van der Waals surface area contributed by atoms with Gasteiger partial charge in [-0.1, -0.05) is 32.0 Å². The van der Waals surface area contributed by atoms with Gasteiger partial charge in [-0.3, -0.25) is 9.59 Å². The highest BCUT2D eigenvalue weighted by Gasteiger charge is 2.47. The number of nitrogens with one attached hydrogen (secondary N) is 1. The maximum atomic E-state index is 13.3. The Kier molecular flexibility index (Phi) is 6.61. The van der Waals surface area contributed by atoms with E-state index in [1.807, 2.05) is 37.4 Å². The highest BCUT2D eigenvalue weighted by Crippen LogP contribution is 2.40. The third kappa shape index (κ3) is 4.65. The van der Waals surface area contributed by atoms with Crippen LogP contribution >= 0.6 is 0 Å². The molecule has 1 aliphatic rings. The molecule has 2 N–H and O–H groups in total. The van der Waals surface area contributed by atoms with Gasteiger partial charge in [0.2, 0.25) is 0 Å². The van der Waals surface area contributed by atoms with Crippen molar-refractivity contribution >= 4 is 28.4 Å². The van der Waals surface area contributed by atoms with Crippen LogP contribution in [0.25, 0.3) is 16.7 Å². The fourth-order valence-electron chi connectivity index (χ4n) is 4.80. The predicted octanol–water partition coefficient (Wildman–Crippen LogP) is 5.77. The number of amides is 1. The lowest BCUT2D eigenvalue weighted by molar-refractivity contribution is -0.140. The average molecular weight is 499 g/mol. The number of aromatic amines is 1. The number of fused-ring (bicyclic) bond motifs is 1. The highest BCUT2D eigenvalue weighted by molar-refractivity contribution is 6.46. The Morgan fingerprint density at radius 1 is 1.14 bits per heavy atom. The summed E-state index contributed by atoms with van der Waals surface area (Å²) in [5.41, 5.74) is 3.35. The maximum absolute atomic E-state index is 13.3. The van der Waals surface area contributed by atoms with Gasteiger partial charge >= 0.3 is 0 Å². The normalized spacial score (nSPS) is 17.3. The number of nitrogens with zero attached hydrogens (tertiary/aromatic N) is 1. The van der Waals surface area contributed by atoms with Crippen LogP contribution in [0.1, 0.15) is 42.3 Å². The second-order valence-corrected chi connectivity index (χ2v) is 9.80. The third-order valence-corrected chi connectivity index (χ3v) is 6.67. The number of para-hydroxylation sites is 1. The zero-order valence-corrected chi connectivity index (χ0v) is 21.2. The molecule has 0 radical (unpaired) electrons. The van der Waals surface area contributed by atoms with Gasteiger partial charge in [0.05, 0.1) is 18.4 Å². The van der Waals surface area contributed by atoms with Crippen LogP contribution in [0.2, 0.25) is 0 Å². The molecule has 37 heavy (non-hydrogen) atoms. The number of hydrogen-bond acceptors (Lipinski definition) is 5. The number of H-pyrrole nitrogens is 1. The summed E-state index contributed by atoms with van der Waals surface area (Å²) in [4.78, 5) is 31.2. The first-order valence-electron chi connectivity index (χ1n) is 12.5. The van der Waals surface area contributed by atoms with Crippen LogP contribution in [0.4, 0.5) is 0 Å². The molecule has 4 aromatic rings. The second kappa shape index (κ2) is 10.0. The monoisotopic (exact) mass is 498 g/mol. The molecule has 1 saturated heterocycles. The van der Waals surface area contributed by atoms with Gasteiger partial charge in [0.15, 0.2) is 0 Å². The Morgan fingerprint density at radius 3 is 2.68 bits per heavy atom. The number of ether oxygens (including phenoxy) is 1. The fraction of sp³-hybridized carbons (Fsp3) is 0.267. The molecule has 1 unspecified atom stereocenters. The minimum Gasteiger partial charge on any atom is -0.507 e. The number of hydrogen-bond donors (Lipinski definition) is 2. The molecule has 2 aromatic carbocycles. The number of carbonyl (C=O) groups is 2. The SMILES string of the molecule is Cc1cc(/C(O)=C2/C(=O)C(=O)N(CCc3c[nH]c4ccccc34)C2c2ccco2)ccc1OCC(C)C. The van der Waals surface area contributed by atoms with Gasteiger partial charge in [-0.2, -0.15) is 0 Å². The van der Waals surface area contributed by atoms with E-state index in [-0.39, 0.29) is 17.9 Å². The van der Waals surface area contributed by atoms with Gasteiger partial charge in [0, 0.05) is 29.2 Å². The number of benzene rings is 2. The number of Topliss-reactive ketones (excluding diaryl/α,β-unsaturated/α-hetero) is 1. The Bertz CT molecular complexity index is 1480. The summed E-state index contributed by atoms with van der Waals surface area (Å²) in [6.07, 6.45) is 3.96. The predicted molar refractivity (Wildman–Crippen MR) is 141 cm³/mol. The summed E-state index contributed by atoms with van der Waals surface area (Å²) in [6.45, 7) is 6.89. The first-order valence-corrected chi connectivity index (χ1v) is 12.5. The van der Waals surface area contributed by atoms with Crippen LogP contribution in [0.15, 0.2) is 77.0 Å². The maximum Gasteiger partial charge on any atom is 0.295 e. The smallest absolute Gasteiger partial charge is 0.295 e. The number of aliphatic hydroxyl groups excluding tert-OH is 1. The van der Waals surface area contributed by atoms with Gasteiger partial charge in [0.1, 0.15) is 23.3 Å². The molecule has 0 saturated carbocycles. The van der Waals surface area contributed by atoms with Gasteiger partial charge in [0.25, 0.3) is 11.7 Å². The standard InChI is InChI=1S/C30H30N2O5/c1-18(2)17-37-24-11-10-20(15-19(24)3)28(33)26-27(25-9-6-14-36-25)32(30(35)29(26)34)13-12-21-16-31-23-8-5-4-7-22(21)23/h4-11,14-16,18,27,31,33H,12-13,17H2,1-3H3/b28-26-. The molecule has 3 heterocycles. The van der Waals surface area contributed by atoms with Gasteiger partial charge in [-0.05, 0) is 66.8 Å². The summed E-state index contributed by atoms with van der Waals surface area (Å²) < 4.78 is 11.5. The van der Waals surface area contributed by atoms with Gasteiger partial charge in [-0.15, -0.1) is 0 Å². The number of aromatic nitrogens is 1. The first-order chi connectivity index (χ1) is 17.8. The summed E-state index contributed by atoms with van der Waals surface area (Å²) in [7, 11) is 0. The first kappa shape index (κ1) is 24.4. The summed E-state index contributed by atoms with van der Waals surface area (Å²) >= 11 is 0. The van der Waals surface area contributed by atoms with Crippen molar-refractivity contribution < 1.29 is 23.8 Å². The van der Waals surface area contributed by atoms with Crippen molar-refractivity contribution in [3.63, 3.8) is 0 Å². The topological polar surface area (TPSA) is 95.8 Å². The molecule has 0 bridgehead atoms. The van der Waals surface area contributed by atoms with Crippen molar-refractivity contribution in [1.29, 1.82) is 0 Å². The molecule has 1 aliphatic heterocycles. The van der Waals surface area contributed by atoms with E-state index in [4.69, 9.17) is 9.15 Å². The minimum absolute atomic E-state index is 0.0223. The lowest BCUT2D eigenvalue weighted by atomic mass is 9.98. The molecule has 7 nitrogen and oxygen atoms in total. The lowest BCUT2D eigenvalue weighted by Gasteiger charge is -2.23. The molecule has 0 aliphatic carbocycles. The zero-order chi connectivity index (χ0) is 26.1. The van der Waals surface area contributed by atoms with Crippen LogP contribution in [0.5, 0.6) is 5.75 Å². The third-order valence-electron chi connectivity index (χ3n) is 6.67. The summed E-state index contributed by atoms with van der Waals surface area (Å²) in [6, 6.07) is 15.8. The molecule has 7 heteroatoms. The number of aryl methyl sites for hydroxylation is 1. The van der Waals surface area contributed by atoms with Crippen molar-refractivity contribution in [2.75, 3.05) is 13.2 Å². The van der Waals surface area contributed by atoms with Gasteiger partial charge in [-0.25, -0.2) is 0 Å². The molecular formula is C30H30N2O5. The van der Waals surface area contributed by atoms with E-state index in [9.17, 15) is 14.7 Å². The van der Waals surface area contributed by atoms with Crippen molar-refractivity contribution in [1.82, 2.24) is 9.88 Å². The molecule has 1 atom stereocenters. The number of ketones is 1. The fourth-order valence-corrected chi connectivity index (χ4v) is 4.80. The van der Waals surface area contributed by atoms with Crippen molar-refractivity contribution in [3.8, 4) is 5.75 Å². The second-order valence-electron chi connectivity index (χ2n) is 9.80. The Labute approximate surface area is 215 Å². The molecule has 1 fully saturated rings. The zero-order valence-electron chi connectivity index (χ0n) is 21.2. The molecule has 1 amide bonds. The van der Waals surface area contributed by atoms with Crippen LogP contribution in [0.3, 0.4) is 0 Å². The van der Waals surface area contributed by atoms with E-state index in [1.165, 1.54) is 11.2 Å². The highest BCUT2D eigenvalue weighted by atomic mass is 16.5. The number of carbonyl (C=O) groups excluding carboxylic acids is 2. The lowest BCUT2D eigenvalue weighted by Crippen LogP contribution is -2.31. The van der Waals surface area contributed by atoms with Gasteiger partial charge < -0.3 is 24.1 Å². The van der Waals surface area contributed by atoms with Crippen molar-refractivity contribution in [2.24, 2.45) is 5.92 Å². The number of aliphatic hydroxyl groups is 1. The van der Waals surface area contributed by atoms with E-state index >= 15 is 0 Å². The molecular weight excluding hydrogens is 468 g/mol. The van der Waals surface area contributed by atoms with E-state index in [0.29, 0.717) is 36.0 Å². The molecule has 5 rings (SSSR count). The minimum atomic E-state index is -0.822. The van der Waals surface area contributed by atoms with Crippen molar-refractivity contribution in [2.45, 2.75) is 33.2 Å². The molecule has 0 spiro atoms. The Balaban J connectivity index is 1.49.